The molecule has 0 aliphatic carbocycles. The first-order valence-electron chi connectivity index (χ1n) is 10.9. The van der Waals surface area contributed by atoms with Crippen molar-refractivity contribution in [3.05, 3.63) is 41.7 Å². The van der Waals surface area contributed by atoms with Crippen LogP contribution in [-0.4, -0.2) is 33.1 Å². The molecule has 3 rings (SSSR count). The number of rotatable bonds is 11. The van der Waals surface area contributed by atoms with Crippen molar-refractivity contribution < 1.29 is 9.53 Å². The van der Waals surface area contributed by atoms with Gasteiger partial charge in [-0.1, -0.05) is 82.1 Å². The molecule has 0 N–H and O–H groups in total. The lowest BCUT2D eigenvalue weighted by Gasteiger charge is -2.14. The van der Waals surface area contributed by atoms with Crippen molar-refractivity contribution >= 4 is 17.7 Å². The van der Waals surface area contributed by atoms with Crippen LogP contribution < -0.4 is 0 Å². The Bertz CT molecular complexity index is 778. The van der Waals surface area contributed by atoms with Gasteiger partial charge in [-0.2, -0.15) is 0 Å². The fourth-order valence-corrected chi connectivity index (χ4v) is 4.60. The topological polar surface area (TPSA) is 57.0 Å². The Kier molecular flexibility index (Phi) is 8.16. The van der Waals surface area contributed by atoms with Crippen LogP contribution in [0.5, 0.6) is 0 Å². The van der Waals surface area contributed by atoms with E-state index in [0.717, 1.165) is 30.2 Å². The zero-order valence-corrected chi connectivity index (χ0v) is 18.7. The molecule has 158 valence electrons. The van der Waals surface area contributed by atoms with E-state index in [-0.39, 0.29) is 12.0 Å². The fraction of sp³-hybridized carbons (Fsp3) is 0.609. The maximum Gasteiger partial charge on any atom is 0.306 e. The van der Waals surface area contributed by atoms with Gasteiger partial charge in [0.05, 0.1) is 19.1 Å². The third-order valence-corrected chi connectivity index (χ3v) is 6.54. The van der Waals surface area contributed by atoms with Crippen LogP contribution >= 0.6 is 11.8 Å². The molecular formula is C23H33N3O2S. The van der Waals surface area contributed by atoms with Crippen LogP contribution in [0.1, 0.15) is 82.6 Å². The Morgan fingerprint density at radius 3 is 2.83 bits per heavy atom. The molecule has 2 aromatic rings. The highest BCUT2D eigenvalue weighted by atomic mass is 32.2. The number of aromatic nitrogens is 3. The van der Waals surface area contributed by atoms with Crippen LogP contribution in [0, 0.1) is 5.92 Å². The Labute approximate surface area is 178 Å². The van der Waals surface area contributed by atoms with Gasteiger partial charge in [0.15, 0.2) is 0 Å². The Hall–Kier alpha value is -1.82. The quantitative estimate of drug-likeness (QED) is 0.352. The molecule has 1 aliphatic rings. The second-order valence-electron chi connectivity index (χ2n) is 7.96. The van der Waals surface area contributed by atoms with Gasteiger partial charge in [-0.3, -0.25) is 4.79 Å². The molecule has 0 radical (unpaired) electrons. The number of thioether (sulfide) groups is 1. The van der Waals surface area contributed by atoms with Gasteiger partial charge in [0.2, 0.25) is 5.16 Å². The lowest BCUT2D eigenvalue weighted by atomic mass is 10.0. The molecule has 0 saturated carbocycles. The Morgan fingerprint density at radius 2 is 2.10 bits per heavy atom. The monoisotopic (exact) mass is 415 g/mol. The van der Waals surface area contributed by atoms with Gasteiger partial charge in [0, 0.05) is 11.7 Å². The molecule has 1 aromatic carbocycles. The van der Waals surface area contributed by atoms with Crippen LogP contribution in [0.3, 0.4) is 0 Å². The summed E-state index contributed by atoms with van der Waals surface area (Å²) in [6, 6.07) is 10.7. The van der Waals surface area contributed by atoms with Crippen LogP contribution in [0.2, 0.25) is 0 Å². The lowest BCUT2D eigenvalue weighted by molar-refractivity contribution is -0.144. The molecule has 5 nitrogen and oxygen atoms in total. The summed E-state index contributed by atoms with van der Waals surface area (Å²) in [6.07, 6.45) is 6.02. The summed E-state index contributed by atoms with van der Waals surface area (Å²) in [5.41, 5.74) is 1.27. The van der Waals surface area contributed by atoms with Gasteiger partial charge in [0.1, 0.15) is 5.82 Å². The molecule has 0 amide bonds. The number of esters is 1. The summed E-state index contributed by atoms with van der Waals surface area (Å²) in [5, 5.41) is 5.49. The van der Waals surface area contributed by atoms with Gasteiger partial charge in [-0.15, -0.1) is 5.10 Å². The summed E-state index contributed by atoms with van der Waals surface area (Å²) >= 11 is 1.54. The highest BCUT2D eigenvalue weighted by molar-refractivity contribution is 7.99. The predicted molar refractivity (Wildman–Crippen MR) is 117 cm³/mol. The number of hydrogen-bond acceptors (Lipinski definition) is 5. The standard InChI is InChI=1S/C23H33N3O2S/c1-4-6-10-18(5-2)16-28-21(27)13-14-29-23-24-22-17(3)15-20(26(22)25-23)19-11-8-7-9-12-19/h7-9,11-12,17-18,20H,4-6,10,13-16H2,1-3H3/t17-,18?,20-/m0/s1. The number of ether oxygens (including phenoxy) is 1. The van der Waals surface area contributed by atoms with E-state index >= 15 is 0 Å². The molecular weight excluding hydrogens is 382 g/mol. The van der Waals surface area contributed by atoms with Crippen molar-refractivity contribution in [2.75, 3.05) is 12.4 Å². The molecule has 6 heteroatoms. The molecule has 2 heterocycles. The maximum absolute atomic E-state index is 12.1. The molecule has 0 saturated heterocycles. The molecule has 0 spiro atoms. The first kappa shape index (κ1) is 21.9. The van der Waals surface area contributed by atoms with Crippen LogP contribution in [0.15, 0.2) is 35.5 Å². The fourth-order valence-electron chi connectivity index (χ4n) is 3.84. The summed E-state index contributed by atoms with van der Waals surface area (Å²) in [4.78, 5) is 16.8. The van der Waals surface area contributed by atoms with E-state index in [0.29, 0.717) is 30.6 Å². The minimum Gasteiger partial charge on any atom is -0.465 e. The molecule has 1 aliphatic heterocycles. The van der Waals surface area contributed by atoms with Crippen molar-refractivity contribution in [2.24, 2.45) is 5.92 Å². The highest BCUT2D eigenvalue weighted by Crippen LogP contribution is 2.39. The van der Waals surface area contributed by atoms with E-state index < -0.39 is 0 Å². The van der Waals surface area contributed by atoms with Crippen molar-refractivity contribution in [1.82, 2.24) is 14.8 Å². The second kappa shape index (κ2) is 10.8. The minimum absolute atomic E-state index is 0.116. The number of unbranched alkanes of at least 4 members (excludes halogenated alkanes) is 1. The maximum atomic E-state index is 12.1. The SMILES string of the molecule is CCCCC(CC)COC(=O)CCSc1nc2n(n1)[C@H](c1ccccc1)C[C@@H]2C. The van der Waals surface area contributed by atoms with E-state index in [1.807, 2.05) is 6.07 Å². The van der Waals surface area contributed by atoms with Crippen LogP contribution in [0.25, 0.3) is 0 Å². The third-order valence-electron chi connectivity index (χ3n) is 5.70. The van der Waals surface area contributed by atoms with E-state index in [4.69, 9.17) is 14.8 Å². The second-order valence-corrected chi connectivity index (χ2v) is 9.02. The van der Waals surface area contributed by atoms with Crippen molar-refractivity contribution in [1.29, 1.82) is 0 Å². The zero-order valence-electron chi connectivity index (χ0n) is 17.8. The van der Waals surface area contributed by atoms with Gasteiger partial charge >= 0.3 is 5.97 Å². The van der Waals surface area contributed by atoms with Gasteiger partial charge in [-0.25, -0.2) is 9.67 Å². The number of hydrogen-bond donors (Lipinski definition) is 0. The number of benzene rings is 1. The molecule has 29 heavy (non-hydrogen) atoms. The number of carbonyl (C=O) groups excluding carboxylic acids is 1. The van der Waals surface area contributed by atoms with Crippen LogP contribution in [-0.2, 0) is 9.53 Å². The summed E-state index contributed by atoms with van der Waals surface area (Å²) in [6.45, 7) is 7.11. The average Bonchev–Trinajstić information content (AvgIpc) is 3.29. The lowest BCUT2D eigenvalue weighted by Crippen LogP contribution is -2.14. The van der Waals surface area contributed by atoms with E-state index in [1.165, 1.54) is 18.4 Å². The normalized spacial score (nSPS) is 19.1. The summed E-state index contributed by atoms with van der Waals surface area (Å²) in [7, 11) is 0. The third kappa shape index (κ3) is 5.84. The average molecular weight is 416 g/mol. The summed E-state index contributed by atoms with van der Waals surface area (Å²) in [5.74, 6) is 2.46. The van der Waals surface area contributed by atoms with Gasteiger partial charge < -0.3 is 4.74 Å². The van der Waals surface area contributed by atoms with Crippen molar-refractivity contribution in [3.63, 3.8) is 0 Å². The Morgan fingerprint density at radius 1 is 1.31 bits per heavy atom. The number of carbonyl (C=O) groups is 1. The van der Waals surface area contributed by atoms with Gasteiger partial charge in [0.25, 0.3) is 0 Å². The Balaban J connectivity index is 1.47. The predicted octanol–water partition coefficient (Wildman–Crippen LogP) is 5.62. The zero-order chi connectivity index (χ0) is 20.6. The first-order valence-corrected chi connectivity index (χ1v) is 11.9. The van der Waals surface area contributed by atoms with E-state index in [1.54, 1.807) is 11.8 Å². The van der Waals surface area contributed by atoms with Crippen molar-refractivity contribution in [3.8, 4) is 0 Å². The van der Waals surface area contributed by atoms with Crippen LogP contribution in [0.4, 0.5) is 0 Å². The summed E-state index contributed by atoms with van der Waals surface area (Å²) < 4.78 is 7.55. The smallest absolute Gasteiger partial charge is 0.306 e. The molecule has 1 aromatic heterocycles. The van der Waals surface area contributed by atoms with Crippen molar-refractivity contribution in [2.45, 2.75) is 76.4 Å². The van der Waals surface area contributed by atoms with E-state index in [2.05, 4.69) is 49.7 Å². The van der Waals surface area contributed by atoms with E-state index in [9.17, 15) is 4.79 Å². The molecule has 1 unspecified atom stereocenters. The minimum atomic E-state index is -0.116. The molecule has 0 bridgehead atoms. The molecule has 0 fully saturated rings. The number of fused-ring (bicyclic) bond motifs is 1. The van der Waals surface area contributed by atoms with Gasteiger partial charge in [-0.05, 0) is 24.3 Å². The highest BCUT2D eigenvalue weighted by Gasteiger charge is 2.32. The number of nitrogens with zero attached hydrogens (tertiary/aromatic N) is 3. The largest absolute Gasteiger partial charge is 0.465 e. The molecule has 3 atom stereocenters. The first-order chi connectivity index (χ1) is 14.1.